The predicted octanol–water partition coefficient (Wildman–Crippen LogP) is 1.45. The number of furan rings is 1. The lowest BCUT2D eigenvalue weighted by atomic mass is 9.94. The molecule has 108 valence electrons. The van der Waals surface area contributed by atoms with E-state index in [2.05, 4.69) is 5.16 Å². The Morgan fingerprint density at radius 2 is 2.14 bits per heavy atom. The van der Waals surface area contributed by atoms with Gasteiger partial charge in [-0.2, -0.15) is 10.4 Å². The van der Waals surface area contributed by atoms with E-state index >= 15 is 0 Å². The van der Waals surface area contributed by atoms with E-state index in [1.807, 2.05) is 6.07 Å². The highest BCUT2D eigenvalue weighted by atomic mass is 16.5. The second-order valence-corrected chi connectivity index (χ2v) is 4.99. The number of amides is 1. The Labute approximate surface area is 119 Å². The summed E-state index contributed by atoms with van der Waals surface area (Å²) in [5.74, 6) is 0.769. The van der Waals surface area contributed by atoms with E-state index in [1.165, 1.54) is 18.4 Å². The lowest BCUT2D eigenvalue weighted by molar-refractivity contribution is 0.0705. The highest BCUT2D eigenvalue weighted by Gasteiger charge is 2.27. The molecule has 0 bridgehead atoms. The standard InChI is InChI=1S/C14H13N3O4/c15-7-11-5-10(8-20-11)14(19)17-3-1-9(2-4-17)12-6-13(18)16-21-12/h5-6,8-9H,1-4H2,(H,16,18). The van der Waals surface area contributed by atoms with Crippen LogP contribution >= 0.6 is 0 Å². The fourth-order valence-corrected chi connectivity index (χ4v) is 2.56. The molecule has 0 atom stereocenters. The summed E-state index contributed by atoms with van der Waals surface area (Å²) < 4.78 is 10.1. The Morgan fingerprint density at radius 1 is 1.38 bits per heavy atom. The number of carbonyl (C=O) groups excluding carboxylic acids is 1. The molecule has 21 heavy (non-hydrogen) atoms. The largest absolute Gasteiger partial charge is 0.453 e. The third-order valence-corrected chi connectivity index (χ3v) is 3.68. The first-order valence-electron chi connectivity index (χ1n) is 6.63. The molecule has 0 unspecified atom stereocenters. The molecule has 2 aromatic heterocycles. The first-order chi connectivity index (χ1) is 10.2. The number of hydrogen-bond acceptors (Lipinski definition) is 5. The van der Waals surface area contributed by atoms with E-state index in [0.29, 0.717) is 24.4 Å². The number of aromatic nitrogens is 1. The first kappa shape index (κ1) is 13.2. The van der Waals surface area contributed by atoms with Crippen LogP contribution in [0, 0.1) is 11.3 Å². The van der Waals surface area contributed by atoms with Gasteiger partial charge in [-0.3, -0.25) is 9.59 Å². The number of nitriles is 1. The molecule has 0 aromatic carbocycles. The van der Waals surface area contributed by atoms with Crippen molar-refractivity contribution in [1.29, 1.82) is 5.26 Å². The van der Waals surface area contributed by atoms with Gasteiger partial charge in [0, 0.05) is 31.1 Å². The summed E-state index contributed by atoms with van der Waals surface area (Å²) in [6, 6.07) is 4.75. The van der Waals surface area contributed by atoms with E-state index < -0.39 is 0 Å². The molecule has 2 aromatic rings. The molecule has 0 spiro atoms. The Kier molecular flexibility index (Phi) is 3.36. The summed E-state index contributed by atoms with van der Waals surface area (Å²) in [6.45, 7) is 1.15. The molecule has 7 nitrogen and oxygen atoms in total. The summed E-state index contributed by atoms with van der Waals surface area (Å²) in [7, 11) is 0. The molecule has 1 fully saturated rings. The Hall–Kier alpha value is -2.75. The number of carbonyl (C=O) groups is 1. The number of piperidine rings is 1. The molecule has 0 radical (unpaired) electrons. The topological polar surface area (TPSA) is 103 Å². The second kappa shape index (κ2) is 5.32. The molecular formula is C14H13N3O4. The maximum Gasteiger partial charge on any atom is 0.280 e. The Morgan fingerprint density at radius 3 is 2.71 bits per heavy atom. The van der Waals surface area contributed by atoms with E-state index in [4.69, 9.17) is 14.2 Å². The Bertz CT molecular complexity index is 741. The molecule has 1 aliphatic heterocycles. The minimum atomic E-state index is -0.245. The smallest absolute Gasteiger partial charge is 0.280 e. The molecule has 1 aliphatic rings. The third kappa shape index (κ3) is 2.60. The van der Waals surface area contributed by atoms with Gasteiger partial charge in [0.25, 0.3) is 11.5 Å². The van der Waals surface area contributed by atoms with E-state index in [-0.39, 0.29) is 23.1 Å². The molecule has 0 saturated carbocycles. The van der Waals surface area contributed by atoms with E-state index in [0.717, 1.165) is 12.8 Å². The van der Waals surface area contributed by atoms with Gasteiger partial charge in [0.15, 0.2) is 0 Å². The highest BCUT2D eigenvalue weighted by Crippen LogP contribution is 2.27. The van der Waals surface area contributed by atoms with Crippen molar-refractivity contribution in [3.05, 3.63) is 45.8 Å². The molecule has 1 N–H and O–H groups in total. The first-order valence-corrected chi connectivity index (χ1v) is 6.63. The van der Waals surface area contributed by atoms with Crippen molar-refractivity contribution in [1.82, 2.24) is 10.1 Å². The monoisotopic (exact) mass is 287 g/mol. The van der Waals surface area contributed by atoms with Crippen molar-refractivity contribution in [2.75, 3.05) is 13.1 Å². The molecular weight excluding hydrogens is 274 g/mol. The SMILES string of the molecule is N#Cc1cc(C(=O)N2CCC(c3cc(=O)[nH]o3)CC2)co1. The Balaban J connectivity index is 1.64. The highest BCUT2D eigenvalue weighted by molar-refractivity contribution is 5.94. The van der Waals surface area contributed by atoms with E-state index in [1.54, 1.807) is 4.90 Å². The summed E-state index contributed by atoms with van der Waals surface area (Å²) in [5.41, 5.74) is 0.143. The zero-order valence-electron chi connectivity index (χ0n) is 11.2. The minimum absolute atomic E-state index is 0.127. The fraction of sp³-hybridized carbons (Fsp3) is 0.357. The molecule has 3 rings (SSSR count). The van der Waals surface area contributed by atoms with Crippen LogP contribution in [0.2, 0.25) is 0 Å². The average Bonchev–Trinajstić information content (AvgIpc) is 3.15. The summed E-state index contributed by atoms with van der Waals surface area (Å²) in [5, 5.41) is 11.0. The van der Waals surface area contributed by atoms with Crippen molar-refractivity contribution >= 4 is 5.91 Å². The maximum atomic E-state index is 12.3. The van der Waals surface area contributed by atoms with Gasteiger partial charge in [0.2, 0.25) is 5.76 Å². The van der Waals surface area contributed by atoms with Gasteiger partial charge >= 0.3 is 0 Å². The van der Waals surface area contributed by atoms with Gasteiger partial charge in [-0.05, 0) is 12.8 Å². The van der Waals surface area contributed by atoms with Crippen molar-refractivity contribution < 1.29 is 13.7 Å². The van der Waals surface area contributed by atoms with Gasteiger partial charge in [0.1, 0.15) is 18.1 Å². The van der Waals surface area contributed by atoms with Crippen molar-refractivity contribution in [3.8, 4) is 6.07 Å². The summed E-state index contributed by atoms with van der Waals surface area (Å²) >= 11 is 0. The van der Waals surface area contributed by atoms with Gasteiger partial charge in [-0.25, -0.2) is 0 Å². The fourth-order valence-electron chi connectivity index (χ4n) is 2.56. The number of rotatable bonds is 2. The van der Waals surface area contributed by atoms with Crippen LogP contribution in [0.5, 0.6) is 0 Å². The quantitative estimate of drug-likeness (QED) is 0.900. The predicted molar refractivity (Wildman–Crippen MR) is 70.6 cm³/mol. The van der Waals surface area contributed by atoms with Crippen LogP contribution in [0.15, 0.2) is 32.1 Å². The zero-order valence-corrected chi connectivity index (χ0v) is 11.2. The maximum absolute atomic E-state index is 12.3. The molecule has 7 heteroatoms. The molecule has 1 amide bonds. The van der Waals surface area contributed by atoms with Crippen molar-refractivity contribution in [3.63, 3.8) is 0 Å². The van der Waals surface area contributed by atoms with Crippen LogP contribution in [0.3, 0.4) is 0 Å². The van der Waals surface area contributed by atoms with Gasteiger partial charge in [-0.15, -0.1) is 0 Å². The number of aromatic amines is 1. The average molecular weight is 287 g/mol. The van der Waals surface area contributed by atoms with Gasteiger partial charge in [-0.1, -0.05) is 0 Å². The number of H-pyrrole nitrogens is 1. The van der Waals surface area contributed by atoms with Crippen LogP contribution in [0.25, 0.3) is 0 Å². The van der Waals surface area contributed by atoms with Crippen LogP contribution in [-0.2, 0) is 0 Å². The lowest BCUT2D eigenvalue weighted by Gasteiger charge is -2.30. The minimum Gasteiger partial charge on any atom is -0.453 e. The zero-order chi connectivity index (χ0) is 14.8. The summed E-state index contributed by atoms with van der Waals surface area (Å²) in [4.78, 5) is 25.0. The molecule has 3 heterocycles. The number of nitrogens with zero attached hydrogens (tertiary/aromatic N) is 2. The van der Waals surface area contributed by atoms with Gasteiger partial charge < -0.3 is 13.8 Å². The number of hydrogen-bond donors (Lipinski definition) is 1. The molecule has 1 saturated heterocycles. The van der Waals surface area contributed by atoms with E-state index in [9.17, 15) is 9.59 Å². The van der Waals surface area contributed by atoms with Crippen LogP contribution in [0.4, 0.5) is 0 Å². The molecule has 0 aliphatic carbocycles. The van der Waals surface area contributed by atoms with Gasteiger partial charge in [0.05, 0.1) is 5.56 Å². The third-order valence-electron chi connectivity index (χ3n) is 3.68. The number of likely N-dealkylation sites (tertiary alicyclic amines) is 1. The normalized spacial score (nSPS) is 15.9. The second-order valence-electron chi connectivity index (χ2n) is 4.99. The lowest BCUT2D eigenvalue weighted by Crippen LogP contribution is -2.37. The van der Waals surface area contributed by atoms with Crippen molar-refractivity contribution in [2.45, 2.75) is 18.8 Å². The van der Waals surface area contributed by atoms with Crippen molar-refractivity contribution in [2.24, 2.45) is 0 Å². The summed E-state index contributed by atoms with van der Waals surface area (Å²) in [6.07, 6.45) is 2.77. The van der Waals surface area contributed by atoms with Crippen LogP contribution in [0.1, 0.15) is 40.6 Å². The number of nitrogens with one attached hydrogen (secondary N) is 1. The van der Waals surface area contributed by atoms with Crippen LogP contribution in [-0.4, -0.2) is 29.1 Å². The van der Waals surface area contributed by atoms with Crippen LogP contribution < -0.4 is 5.56 Å².